The lowest BCUT2D eigenvalue weighted by molar-refractivity contribution is 0.636. The summed E-state index contributed by atoms with van der Waals surface area (Å²) in [5, 5.41) is 0.592. The predicted octanol–water partition coefficient (Wildman–Crippen LogP) is 6.57. The molecule has 2 rings (SSSR count). The van der Waals surface area contributed by atoms with Crippen molar-refractivity contribution < 1.29 is 0 Å². The summed E-state index contributed by atoms with van der Waals surface area (Å²) in [6, 6.07) is 10.9. The van der Waals surface area contributed by atoms with Crippen molar-refractivity contribution in [3.05, 3.63) is 60.2 Å². The van der Waals surface area contributed by atoms with E-state index in [1.807, 2.05) is 0 Å². The molecule has 1 aliphatic rings. The summed E-state index contributed by atoms with van der Waals surface area (Å²) in [7, 11) is 4.13. The second-order valence-corrected chi connectivity index (χ2v) is 8.11. The molecule has 0 fully saturated rings. The van der Waals surface area contributed by atoms with Crippen LogP contribution in [0.25, 0.3) is 0 Å². The first kappa shape index (κ1) is 15.8. The Morgan fingerprint density at radius 1 is 1.15 bits per heavy atom. The molecule has 0 saturated heterocycles. The molecule has 1 aliphatic carbocycles. The van der Waals surface area contributed by atoms with Crippen LogP contribution in [-0.2, 0) is 0 Å². The lowest BCUT2D eigenvalue weighted by Gasteiger charge is -2.31. The van der Waals surface area contributed by atoms with Crippen LogP contribution in [0.15, 0.2) is 54.6 Å². The molecule has 0 bridgehead atoms. The largest absolute Gasteiger partial charge is 0.0850 e. The number of hydrogen-bond acceptors (Lipinski definition) is 2. The van der Waals surface area contributed by atoms with Gasteiger partial charge in [-0.15, -0.1) is 0 Å². The molecule has 0 nitrogen and oxygen atoms in total. The van der Waals surface area contributed by atoms with E-state index in [0.29, 0.717) is 10.00 Å². The van der Waals surface area contributed by atoms with Crippen LogP contribution < -0.4 is 0 Å². The monoisotopic (exact) mass is 304 g/mol. The van der Waals surface area contributed by atoms with E-state index in [2.05, 4.69) is 90.1 Å². The van der Waals surface area contributed by atoms with Crippen LogP contribution in [0.3, 0.4) is 0 Å². The van der Waals surface area contributed by atoms with Gasteiger partial charge in [0.1, 0.15) is 0 Å². The molecule has 0 aliphatic heterocycles. The summed E-state index contributed by atoms with van der Waals surface area (Å²) >= 11 is 0. The average molecular weight is 305 g/mol. The third-order valence-electron chi connectivity index (χ3n) is 3.66. The Labute approximate surface area is 131 Å². The van der Waals surface area contributed by atoms with Crippen LogP contribution in [-0.4, -0.2) is 4.75 Å². The molecule has 108 valence electrons. The SMILES string of the molecule is CCCC1(SSC(CC)c2ccccc2)C=CC=CC1. The minimum Gasteiger partial charge on any atom is -0.0850 e. The van der Waals surface area contributed by atoms with Gasteiger partial charge in [-0.2, -0.15) is 0 Å². The maximum absolute atomic E-state index is 2.41. The molecule has 0 spiro atoms. The van der Waals surface area contributed by atoms with Crippen LogP contribution >= 0.6 is 21.6 Å². The third kappa shape index (κ3) is 4.20. The van der Waals surface area contributed by atoms with Crippen LogP contribution in [0.2, 0.25) is 0 Å². The van der Waals surface area contributed by atoms with Gasteiger partial charge >= 0.3 is 0 Å². The summed E-state index contributed by atoms with van der Waals surface area (Å²) in [5.74, 6) is 0. The quantitative estimate of drug-likeness (QED) is 0.522. The summed E-state index contributed by atoms with van der Waals surface area (Å²) < 4.78 is 0.302. The zero-order valence-electron chi connectivity index (χ0n) is 12.4. The molecule has 2 atom stereocenters. The van der Waals surface area contributed by atoms with Gasteiger partial charge in [0.15, 0.2) is 0 Å². The smallest absolute Gasteiger partial charge is 0.0480 e. The highest BCUT2D eigenvalue weighted by atomic mass is 33.1. The van der Waals surface area contributed by atoms with Crippen molar-refractivity contribution >= 4 is 21.6 Å². The fourth-order valence-corrected chi connectivity index (χ4v) is 6.12. The van der Waals surface area contributed by atoms with Gasteiger partial charge in [-0.05, 0) is 24.8 Å². The highest BCUT2D eigenvalue weighted by molar-refractivity contribution is 8.77. The molecule has 0 N–H and O–H groups in total. The maximum atomic E-state index is 2.41. The Hall–Kier alpha value is -0.600. The molecule has 0 aromatic heterocycles. The van der Waals surface area contributed by atoms with E-state index < -0.39 is 0 Å². The average Bonchev–Trinajstić information content (AvgIpc) is 2.50. The second kappa shape index (κ2) is 7.99. The predicted molar refractivity (Wildman–Crippen MR) is 95.2 cm³/mol. The number of hydrogen-bond donors (Lipinski definition) is 0. The van der Waals surface area contributed by atoms with Gasteiger partial charge in [0.2, 0.25) is 0 Å². The normalized spacial score (nSPS) is 22.9. The van der Waals surface area contributed by atoms with E-state index in [1.165, 1.54) is 31.2 Å². The summed E-state index contributed by atoms with van der Waals surface area (Å²) in [5.41, 5.74) is 1.45. The van der Waals surface area contributed by atoms with Gasteiger partial charge in [0.25, 0.3) is 0 Å². The van der Waals surface area contributed by atoms with Crippen LogP contribution in [0, 0.1) is 0 Å². The first-order chi connectivity index (χ1) is 9.79. The van der Waals surface area contributed by atoms with Crippen molar-refractivity contribution in [3.63, 3.8) is 0 Å². The Kier molecular flexibility index (Phi) is 6.31. The van der Waals surface area contributed by atoms with Crippen LogP contribution in [0.5, 0.6) is 0 Å². The first-order valence-electron chi connectivity index (χ1n) is 7.53. The molecule has 1 aromatic carbocycles. The van der Waals surface area contributed by atoms with Gasteiger partial charge in [-0.3, -0.25) is 0 Å². The third-order valence-corrected chi connectivity index (χ3v) is 7.41. The highest BCUT2D eigenvalue weighted by Gasteiger charge is 2.28. The standard InChI is InChI=1S/C18H24S2/c1-3-13-18(14-9-6-10-15-18)20-19-17(4-2)16-11-7-5-8-12-16/h5-12,14,17H,3-4,13,15H2,1-2H3. The molecule has 0 saturated carbocycles. The molecular weight excluding hydrogens is 280 g/mol. The van der Waals surface area contributed by atoms with E-state index >= 15 is 0 Å². The lowest BCUT2D eigenvalue weighted by atomic mass is 9.95. The van der Waals surface area contributed by atoms with Crippen molar-refractivity contribution in [1.82, 2.24) is 0 Å². The van der Waals surface area contributed by atoms with Crippen molar-refractivity contribution in [1.29, 1.82) is 0 Å². The molecule has 0 heterocycles. The minimum absolute atomic E-state index is 0.302. The minimum atomic E-state index is 0.302. The second-order valence-electron chi connectivity index (χ2n) is 5.29. The number of rotatable bonds is 7. The van der Waals surface area contributed by atoms with Crippen molar-refractivity contribution in [2.45, 2.75) is 49.5 Å². The van der Waals surface area contributed by atoms with Gasteiger partial charge in [0, 0.05) is 10.00 Å². The van der Waals surface area contributed by atoms with E-state index in [4.69, 9.17) is 0 Å². The van der Waals surface area contributed by atoms with Gasteiger partial charge in [0.05, 0.1) is 0 Å². The molecule has 20 heavy (non-hydrogen) atoms. The van der Waals surface area contributed by atoms with E-state index in [0.717, 1.165) is 0 Å². The van der Waals surface area contributed by atoms with Crippen molar-refractivity contribution in [3.8, 4) is 0 Å². The molecule has 2 unspecified atom stereocenters. The van der Waals surface area contributed by atoms with Gasteiger partial charge < -0.3 is 0 Å². The first-order valence-corrected chi connectivity index (χ1v) is 9.75. The molecule has 0 amide bonds. The van der Waals surface area contributed by atoms with Crippen LogP contribution in [0.1, 0.15) is 50.3 Å². The van der Waals surface area contributed by atoms with Gasteiger partial charge in [-0.25, -0.2) is 0 Å². The Balaban J connectivity index is 2.01. The lowest BCUT2D eigenvalue weighted by Crippen LogP contribution is -2.21. The Bertz CT molecular complexity index is 450. The van der Waals surface area contributed by atoms with E-state index in [-0.39, 0.29) is 0 Å². The van der Waals surface area contributed by atoms with Crippen molar-refractivity contribution in [2.24, 2.45) is 0 Å². The zero-order chi connectivity index (χ0) is 14.3. The van der Waals surface area contributed by atoms with Crippen molar-refractivity contribution in [2.75, 3.05) is 0 Å². The highest BCUT2D eigenvalue weighted by Crippen LogP contribution is 2.51. The maximum Gasteiger partial charge on any atom is 0.0480 e. The molecule has 1 aromatic rings. The Morgan fingerprint density at radius 2 is 1.95 bits per heavy atom. The van der Waals surface area contributed by atoms with Crippen LogP contribution in [0.4, 0.5) is 0 Å². The summed E-state index contributed by atoms with van der Waals surface area (Å²) in [6.07, 6.45) is 14.0. The summed E-state index contributed by atoms with van der Waals surface area (Å²) in [6.45, 7) is 4.57. The van der Waals surface area contributed by atoms with Gasteiger partial charge in [-0.1, -0.05) is 96.5 Å². The molecule has 2 heteroatoms. The van der Waals surface area contributed by atoms with E-state index in [9.17, 15) is 0 Å². The fraction of sp³-hybridized carbons (Fsp3) is 0.444. The van der Waals surface area contributed by atoms with E-state index in [1.54, 1.807) is 0 Å². The number of allylic oxidation sites excluding steroid dienone is 3. The fourth-order valence-electron chi connectivity index (χ4n) is 2.54. The topological polar surface area (TPSA) is 0 Å². The zero-order valence-corrected chi connectivity index (χ0v) is 14.1. The Morgan fingerprint density at radius 3 is 2.55 bits per heavy atom. The summed E-state index contributed by atoms with van der Waals surface area (Å²) in [4.78, 5) is 0. The molecular formula is C18H24S2. The molecule has 0 radical (unpaired) electrons. The number of benzene rings is 1.